The van der Waals surface area contributed by atoms with Crippen LogP contribution >= 0.6 is 11.6 Å². The molecular formula is C23H23ClN2O5. The van der Waals surface area contributed by atoms with Gasteiger partial charge in [0.05, 0.1) is 5.56 Å². The van der Waals surface area contributed by atoms with Gasteiger partial charge in [0.25, 0.3) is 0 Å². The van der Waals surface area contributed by atoms with Gasteiger partial charge in [0.1, 0.15) is 23.4 Å². The fraction of sp³-hybridized carbons (Fsp3) is 0.304. The standard InChI is InChI=1S/C23H23ClN2O5/c1-3-5-19-25-21(24)23(26-19,22(29)30)12-15-8-10-17(11-9-15)31-13-16-6-4-7-18(14(16)2)20(27)28/h4,6-11H,3,5,12-13H2,1-2H3,(H,27,28)(H,29,30). The molecule has 0 amide bonds. The van der Waals surface area contributed by atoms with Gasteiger partial charge in [-0.2, -0.15) is 0 Å². The van der Waals surface area contributed by atoms with Crippen LogP contribution in [0.25, 0.3) is 0 Å². The quantitative estimate of drug-likeness (QED) is 0.594. The van der Waals surface area contributed by atoms with E-state index in [4.69, 9.17) is 16.3 Å². The summed E-state index contributed by atoms with van der Waals surface area (Å²) in [5, 5.41) is 19.0. The van der Waals surface area contributed by atoms with Gasteiger partial charge in [0.15, 0.2) is 0 Å². The topological polar surface area (TPSA) is 109 Å². The number of ether oxygens (including phenoxy) is 1. The van der Waals surface area contributed by atoms with Crippen molar-refractivity contribution in [1.29, 1.82) is 0 Å². The minimum absolute atomic E-state index is 0.0300. The predicted octanol–water partition coefficient (Wildman–Crippen LogP) is 4.49. The van der Waals surface area contributed by atoms with Crippen molar-refractivity contribution in [2.45, 2.75) is 45.3 Å². The number of hydrogen-bond donors (Lipinski definition) is 2. The molecule has 0 saturated carbocycles. The van der Waals surface area contributed by atoms with Gasteiger partial charge in [-0.1, -0.05) is 42.8 Å². The third-order valence-corrected chi connectivity index (χ3v) is 5.57. The summed E-state index contributed by atoms with van der Waals surface area (Å²) in [4.78, 5) is 31.7. The lowest BCUT2D eigenvalue weighted by Crippen LogP contribution is -2.43. The highest BCUT2D eigenvalue weighted by Gasteiger charge is 2.46. The number of aliphatic carboxylic acids is 1. The molecule has 1 heterocycles. The number of rotatable bonds is 9. The van der Waals surface area contributed by atoms with Crippen LogP contribution in [-0.4, -0.2) is 38.7 Å². The summed E-state index contributed by atoms with van der Waals surface area (Å²) in [7, 11) is 0. The summed E-state index contributed by atoms with van der Waals surface area (Å²) in [5.41, 5.74) is 0.816. The van der Waals surface area contributed by atoms with E-state index in [1.54, 1.807) is 43.3 Å². The predicted molar refractivity (Wildman–Crippen MR) is 119 cm³/mol. The first-order valence-corrected chi connectivity index (χ1v) is 10.2. The molecule has 1 aliphatic heterocycles. The van der Waals surface area contributed by atoms with Crippen LogP contribution in [0.1, 0.15) is 46.8 Å². The van der Waals surface area contributed by atoms with E-state index in [2.05, 4.69) is 9.98 Å². The van der Waals surface area contributed by atoms with Crippen molar-refractivity contribution in [1.82, 2.24) is 0 Å². The number of benzene rings is 2. The number of aliphatic imine (C=N–C) groups is 2. The molecule has 0 spiro atoms. The Kier molecular flexibility index (Phi) is 6.75. The molecule has 8 heteroatoms. The number of carbonyl (C=O) groups is 2. The van der Waals surface area contributed by atoms with Gasteiger partial charge in [0, 0.05) is 12.8 Å². The summed E-state index contributed by atoms with van der Waals surface area (Å²) < 4.78 is 5.79. The van der Waals surface area contributed by atoms with Crippen molar-refractivity contribution in [3.05, 3.63) is 64.7 Å². The lowest BCUT2D eigenvalue weighted by atomic mass is 9.92. The Hall–Kier alpha value is -3.19. The summed E-state index contributed by atoms with van der Waals surface area (Å²) in [6.45, 7) is 3.93. The van der Waals surface area contributed by atoms with E-state index < -0.39 is 17.5 Å². The van der Waals surface area contributed by atoms with E-state index in [0.717, 1.165) is 17.5 Å². The zero-order valence-corrected chi connectivity index (χ0v) is 18.0. The molecule has 2 N–H and O–H groups in total. The lowest BCUT2D eigenvalue weighted by Gasteiger charge is -2.20. The van der Waals surface area contributed by atoms with Crippen molar-refractivity contribution < 1.29 is 24.5 Å². The SMILES string of the molecule is CCCC1=NC(Cc2ccc(OCc3cccc(C(=O)O)c3C)cc2)(C(=O)O)C(Cl)=N1. The van der Waals surface area contributed by atoms with Gasteiger partial charge < -0.3 is 14.9 Å². The van der Waals surface area contributed by atoms with Crippen LogP contribution < -0.4 is 4.74 Å². The largest absolute Gasteiger partial charge is 0.489 e. The molecule has 0 bridgehead atoms. The Balaban J connectivity index is 1.72. The average Bonchev–Trinajstić information content (AvgIpc) is 3.04. The molecule has 0 fully saturated rings. The molecule has 1 atom stereocenters. The van der Waals surface area contributed by atoms with Gasteiger partial charge in [-0.25, -0.2) is 19.6 Å². The molecule has 0 aliphatic carbocycles. The molecule has 0 saturated heterocycles. The Labute approximate surface area is 185 Å². The molecular weight excluding hydrogens is 420 g/mol. The number of nitrogens with zero attached hydrogens (tertiary/aromatic N) is 2. The van der Waals surface area contributed by atoms with Gasteiger partial charge in [-0.05, 0) is 48.2 Å². The Morgan fingerprint density at radius 2 is 1.84 bits per heavy atom. The molecule has 2 aromatic carbocycles. The second-order valence-corrected chi connectivity index (χ2v) is 7.71. The van der Waals surface area contributed by atoms with Gasteiger partial charge in [-0.15, -0.1) is 0 Å². The number of carboxylic acids is 2. The van der Waals surface area contributed by atoms with E-state index in [1.165, 1.54) is 0 Å². The van der Waals surface area contributed by atoms with Crippen LogP contribution in [-0.2, 0) is 17.8 Å². The van der Waals surface area contributed by atoms with E-state index in [0.29, 0.717) is 23.6 Å². The summed E-state index contributed by atoms with van der Waals surface area (Å²) in [6.07, 6.45) is 1.45. The first kappa shape index (κ1) is 22.5. The van der Waals surface area contributed by atoms with Gasteiger partial charge in [0.2, 0.25) is 5.54 Å². The first-order chi connectivity index (χ1) is 14.8. The van der Waals surface area contributed by atoms with Crippen molar-refractivity contribution in [3.63, 3.8) is 0 Å². The highest BCUT2D eigenvalue weighted by atomic mass is 35.5. The van der Waals surface area contributed by atoms with Crippen molar-refractivity contribution >= 4 is 34.5 Å². The highest BCUT2D eigenvalue weighted by Crippen LogP contribution is 2.30. The third-order valence-electron chi connectivity index (χ3n) is 5.17. The minimum atomic E-state index is -1.59. The van der Waals surface area contributed by atoms with E-state index in [-0.39, 0.29) is 23.8 Å². The fourth-order valence-electron chi connectivity index (χ4n) is 3.39. The average molecular weight is 443 g/mol. The second-order valence-electron chi connectivity index (χ2n) is 7.35. The molecule has 162 valence electrons. The van der Waals surface area contributed by atoms with Gasteiger partial charge >= 0.3 is 11.9 Å². The van der Waals surface area contributed by atoms with Crippen LogP contribution in [0.2, 0.25) is 0 Å². The third kappa shape index (κ3) is 4.77. The maximum absolute atomic E-state index is 12.0. The maximum atomic E-state index is 12.0. The smallest absolute Gasteiger partial charge is 0.339 e. The van der Waals surface area contributed by atoms with Crippen molar-refractivity contribution in [3.8, 4) is 5.75 Å². The lowest BCUT2D eigenvalue weighted by molar-refractivity contribution is -0.140. The molecule has 3 rings (SSSR count). The summed E-state index contributed by atoms with van der Waals surface area (Å²) in [5.74, 6) is -1.08. The molecule has 0 aromatic heterocycles. The number of carboxylic acid groups (broad SMARTS) is 2. The monoisotopic (exact) mass is 442 g/mol. The number of aromatic carboxylic acids is 1. The highest BCUT2D eigenvalue weighted by molar-refractivity contribution is 6.71. The normalized spacial score (nSPS) is 17.8. The first-order valence-electron chi connectivity index (χ1n) is 9.87. The molecule has 7 nitrogen and oxygen atoms in total. The Morgan fingerprint density at radius 1 is 1.13 bits per heavy atom. The molecule has 0 radical (unpaired) electrons. The Bertz CT molecular complexity index is 1060. The van der Waals surface area contributed by atoms with Crippen LogP contribution in [0.5, 0.6) is 5.75 Å². The molecule has 1 unspecified atom stereocenters. The zero-order valence-electron chi connectivity index (χ0n) is 17.3. The molecule has 1 aliphatic rings. The maximum Gasteiger partial charge on any atom is 0.339 e. The van der Waals surface area contributed by atoms with E-state index in [9.17, 15) is 19.8 Å². The second kappa shape index (κ2) is 9.31. The minimum Gasteiger partial charge on any atom is -0.489 e. The molecule has 31 heavy (non-hydrogen) atoms. The van der Waals surface area contributed by atoms with Crippen molar-refractivity contribution in [2.24, 2.45) is 9.98 Å². The summed E-state index contributed by atoms with van der Waals surface area (Å²) in [6, 6.07) is 12.1. The van der Waals surface area contributed by atoms with Crippen LogP contribution in [0.3, 0.4) is 0 Å². The van der Waals surface area contributed by atoms with E-state index in [1.807, 2.05) is 13.0 Å². The molecule has 2 aromatic rings. The van der Waals surface area contributed by atoms with Crippen LogP contribution in [0.15, 0.2) is 52.4 Å². The Morgan fingerprint density at radius 3 is 2.45 bits per heavy atom. The number of hydrogen-bond acceptors (Lipinski definition) is 5. The van der Waals surface area contributed by atoms with Crippen LogP contribution in [0.4, 0.5) is 0 Å². The van der Waals surface area contributed by atoms with E-state index >= 15 is 0 Å². The fourth-order valence-corrected chi connectivity index (χ4v) is 3.68. The summed E-state index contributed by atoms with van der Waals surface area (Å²) >= 11 is 6.20. The van der Waals surface area contributed by atoms with Crippen molar-refractivity contribution in [2.75, 3.05) is 0 Å². The number of halogens is 1. The number of amidine groups is 1. The van der Waals surface area contributed by atoms with Crippen LogP contribution in [0, 0.1) is 6.92 Å². The zero-order chi connectivity index (χ0) is 22.6. The van der Waals surface area contributed by atoms with Gasteiger partial charge in [-0.3, -0.25) is 0 Å².